The molecule has 1 aliphatic heterocycles. The standard InChI is InChI=1S/C24H26ClF3N2O4S.C2HF3O2/c1-35(32,33)29-24(31)18-9-17(15-2-3-15)23(11-21(18)27)34-13-14-4-6-30(7-5-14)12-16-8-19(25)22(28)10-20(16)26;3-2(4,5)1(6)7/h8-11,14-15H,2-7,12-13H2,1H3,(H,29,31);(H,6,7). The SMILES string of the molecule is CS(=O)(=O)NC(=O)c1cc(C2CC2)c(OCC2CCN(Cc3cc(Cl)c(F)cc3F)CC2)cc1F.O=C(O)C(F)(F)F. The van der Waals surface area contributed by atoms with Gasteiger partial charge in [0.05, 0.1) is 23.4 Å². The minimum Gasteiger partial charge on any atom is -0.493 e. The summed E-state index contributed by atoms with van der Waals surface area (Å²) in [6.07, 6.45) is -0.910. The van der Waals surface area contributed by atoms with Crippen molar-refractivity contribution in [2.45, 2.75) is 44.3 Å². The summed E-state index contributed by atoms with van der Waals surface area (Å²) in [7, 11) is -3.82. The van der Waals surface area contributed by atoms with Crippen LogP contribution in [0.15, 0.2) is 24.3 Å². The van der Waals surface area contributed by atoms with Crippen molar-refractivity contribution < 1.29 is 54.2 Å². The Bertz CT molecular complexity index is 1430. The molecule has 0 aromatic heterocycles. The van der Waals surface area contributed by atoms with E-state index in [-0.39, 0.29) is 22.4 Å². The smallest absolute Gasteiger partial charge is 0.490 e. The highest BCUT2D eigenvalue weighted by molar-refractivity contribution is 7.89. The topological polar surface area (TPSA) is 113 Å². The summed E-state index contributed by atoms with van der Waals surface area (Å²) in [6.45, 7) is 2.07. The molecule has 232 valence electrons. The summed E-state index contributed by atoms with van der Waals surface area (Å²) in [5.41, 5.74) is 0.716. The van der Waals surface area contributed by atoms with E-state index >= 15 is 0 Å². The highest BCUT2D eigenvalue weighted by atomic mass is 35.5. The average Bonchev–Trinajstić information content (AvgIpc) is 3.71. The number of carboxylic acid groups (broad SMARTS) is 1. The fraction of sp³-hybridized carbons (Fsp3) is 0.462. The van der Waals surface area contributed by atoms with Gasteiger partial charge in [-0.15, -0.1) is 0 Å². The van der Waals surface area contributed by atoms with Crippen LogP contribution < -0.4 is 9.46 Å². The molecule has 2 fully saturated rings. The summed E-state index contributed by atoms with van der Waals surface area (Å²) in [5.74, 6) is -5.30. The third-order valence-corrected chi connectivity index (χ3v) is 7.39. The van der Waals surface area contributed by atoms with Gasteiger partial charge >= 0.3 is 12.1 Å². The first-order chi connectivity index (χ1) is 19.4. The van der Waals surface area contributed by atoms with Gasteiger partial charge in [0.1, 0.15) is 23.2 Å². The van der Waals surface area contributed by atoms with Gasteiger partial charge in [-0.3, -0.25) is 9.69 Å². The van der Waals surface area contributed by atoms with Gasteiger partial charge in [0.15, 0.2) is 0 Å². The Kier molecular flexibility index (Phi) is 10.8. The molecule has 1 saturated carbocycles. The Morgan fingerprint density at radius 3 is 2.14 bits per heavy atom. The minimum absolute atomic E-state index is 0.108. The van der Waals surface area contributed by atoms with E-state index < -0.39 is 45.5 Å². The average molecular weight is 645 g/mol. The van der Waals surface area contributed by atoms with Gasteiger partial charge in [-0.05, 0) is 68.3 Å². The van der Waals surface area contributed by atoms with Crippen LogP contribution in [0, 0.1) is 23.4 Å². The molecule has 0 radical (unpaired) electrons. The number of likely N-dealkylation sites (tertiary alicyclic amines) is 1. The number of rotatable bonds is 8. The second-order valence-corrected chi connectivity index (χ2v) is 12.2. The van der Waals surface area contributed by atoms with Crippen LogP contribution in [0.2, 0.25) is 5.02 Å². The predicted octanol–water partition coefficient (Wildman–Crippen LogP) is 5.25. The zero-order chi connectivity index (χ0) is 31.4. The van der Waals surface area contributed by atoms with E-state index in [0.29, 0.717) is 43.1 Å². The van der Waals surface area contributed by atoms with E-state index in [1.54, 1.807) is 4.72 Å². The van der Waals surface area contributed by atoms with Gasteiger partial charge in [0.25, 0.3) is 5.91 Å². The second kappa shape index (κ2) is 13.5. The Morgan fingerprint density at radius 1 is 1.02 bits per heavy atom. The number of carboxylic acids is 1. The zero-order valence-corrected chi connectivity index (χ0v) is 23.7. The summed E-state index contributed by atoms with van der Waals surface area (Å²) in [6, 6.07) is 4.65. The number of carbonyl (C=O) groups excluding carboxylic acids is 1. The van der Waals surface area contributed by atoms with Crippen LogP contribution in [-0.4, -0.2) is 62.4 Å². The molecule has 4 rings (SSSR count). The lowest BCUT2D eigenvalue weighted by atomic mass is 9.97. The largest absolute Gasteiger partial charge is 0.493 e. The molecule has 16 heteroatoms. The Labute approximate surface area is 242 Å². The van der Waals surface area contributed by atoms with Crippen LogP contribution >= 0.6 is 11.6 Å². The van der Waals surface area contributed by atoms with E-state index in [4.69, 9.17) is 26.2 Å². The maximum absolute atomic E-state index is 14.6. The molecular formula is C26H27ClF6N2O6S. The van der Waals surface area contributed by atoms with E-state index in [0.717, 1.165) is 44.1 Å². The van der Waals surface area contributed by atoms with Crippen molar-refractivity contribution in [3.8, 4) is 5.75 Å². The number of ether oxygens (including phenoxy) is 1. The van der Waals surface area contributed by atoms with Crippen molar-refractivity contribution in [1.29, 1.82) is 0 Å². The van der Waals surface area contributed by atoms with Gasteiger partial charge < -0.3 is 9.84 Å². The summed E-state index contributed by atoms with van der Waals surface area (Å²) in [4.78, 5) is 23.1. The molecule has 1 amide bonds. The van der Waals surface area contributed by atoms with Crippen molar-refractivity contribution in [1.82, 2.24) is 9.62 Å². The molecular weight excluding hydrogens is 618 g/mol. The van der Waals surface area contributed by atoms with Crippen LogP contribution in [0.1, 0.15) is 53.1 Å². The fourth-order valence-electron chi connectivity index (χ4n) is 4.25. The minimum atomic E-state index is -5.08. The van der Waals surface area contributed by atoms with Gasteiger partial charge in [-0.2, -0.15) is 13.2 Å². The van der Waals surface area contributed by atoms with Gasteiger partial charge in [0, 0.05) is 24.2 Å². The number of sulfonamides is 1. The first-order valence-corrected chi connectivity index (χ1v) is 14.9. The highest BCUT2D eigenvalue weighted by Crippen LogP contribution is 2.45. The van der Waals surface area contributed by atoms with Crippen molar-refractivity contribution in [3.05, 3.63) is 63.4 Å². The normalized spacial score (nSPS) is 16.4. The van der Waals surface area contributed by atoms with E-state index in [2.05, 4.69) is 4.90 Å². The number of benzene rings is 2. The Morgan fingerprint density at radius 2 is 1.62 bits per heavy atom. The predicted molar refractivity (Wildman–Crippen MR) is 139 cm³/mol. The lowest BCUT2D eigenvalue weighted by Crippen LogP contribution is -2.35. The second-order valence-electron chi connectivity index (χ2n) is 10.0. The molecule has 2 aliphatic rings. The molecule has 0 unspecified atom stereocenters. The third kappa shape index (κ3) is 9.76. The zero-order valence-electron chi connectivity index (χ0n) is 22.1. The number of piperidine rings is 1. The van der Waals surface area contributed by atoms with Crippen LogP contribution in [0.25, 0.3) is 0 Å². The molecule has 0 spiro atoms. The van der Waals surface area contributed by atoms with Crippen LogP contribution in [0.5, 0.6) is 5.75 Å². The van der Waals surface area contributed by atoms with Crippen LogP contribution in [0.4, 0.5) is 26.3 Å². The number of hydrogen-bond donors (Lipinski definition) is 2. The molecule has 42 heavy (non-hydrogen) atoms. The molecule has 1 aliphatic carbocycles. The summed E-state index contributed by atoms with van der Waals surface area (Å²) in [5, 5.41) is 7.02. The monoisotopic (exact) mass is 644 g/mol. The summed E-state index contributed by atoms with van der Waals surface area (Å²) >= 11 is 5.78. The number of alkyl halides is 3. The van der Waals surface area contributed by atoms with E-state index in [1.165, 1.54) is 12.1 Å². The number of amides is 1. The number of aliphatic carboxylic acids is 1. The van der Waals surface area contributed by atoms with E-state index in [1.807, 2.05) is 0 Å². The fourth-order valence-corrected chi connectivity index (χ4v) is 4.89. The molecule has 2 aromatic rings. The maximum Gasteiger partial charge on any atom is 0.490 e. The first-order valence-electron chi connectivity index (χ1n) is 12.6. The molecule has 2 aromatic carbocycles. The number of hydrogen-bond acceptors (Lipinski definition) is 6. The molecule has 8 nitrogen and oxygen atoms in total. The number of nitrogens with one attached hydrogen (secondary N) is 1. The summed E-state index contributed by atoms with van der Waals surface area (Å²) < 4.78 is 104. The Balaban J connectivity index is 0.000000616. The lowest BCUT2D eigenvalue weighted by Gasteiger charge is -2.32. The van der Waals surface area contributed by atoms with Crippen molar-refractivity contribution in [2.24, 2.45) is 5.92 Å². The number of halogens is 7. The molecule has 0 bridgehead atoms. The van der Waals surface area contributed by atoms with Crippen LogP contribution in [-0.2, 0) is 21.4 Å². The van der Waals surface area contributed by atoms with Crippen LogP contribution in [0.3, 0.4) is 0 Å². The number of carbonyl (C=O) groups is 2. The molecule has 0 atom stereocenters. The van der Waals surface area contributed by atoms with E-state index in [9.17, 15) is 39.6 Å². The van der Waals surface area contributed by atoms with Crippen molar-refractivity contribution in [3.63, 3.8) is 0 Å². The molecule has 2 N–H and O–H groups in total. The molecule has 1 heterocycles. The Hall–Kier alpha value is -3.04. The van der Waals surface area contributed by atoms with Gasteiger partial charge in [-0.25, -0.2) is 31.1 Å². The highest BCUT2D eigenvalue weighted by Gasteiger charge is 2.38. The number of nitrogens with zero attached hydrogens (tertiary/aromatic N) is 1. The first kappa shape index (κ1) is 33.5. The van der Waals surface area contributed by atoms with Gasteiger partial charge in [0.2, 0.25) is 10.0 Å². The van der Waals surface area contributed by atoms with Crippen molar-refractivity contribution in [2.75, 3.05) is 26.0 Å². The lowest BCUT2D eigenvalue weighted by molar-refractivity contribution is -0.192. The quantitative estimate of drug-likeness (QED) is 0.298. The van der Waals surface area contributed by atoms with Gasteiger partial charge in [-0.1, -0.05) is 11.6 Å². The maximum atomic E-state index is 14.6. The van der Waals surface area contributed by atoms with Crippen molar-refractivity contribution >= 4 is 33.5 Å². The molecule has 1 saturated heterocycles. The third-order valence-electron chi connectivity index (χ3n) is 6.55.